The molecule has 0 spiro atoms. The van der Waals surface area contributed by atoms with E-state index in [0.717, 1.165) is 41.6 Å². The summed E-state index contributed by atoms with van der Waals surface area (Å²) < 4.78 is 28.6. The molecule has 29 heavy (non-hydrogen) atoms. The third-order valence-electron chi connectivity index (χ3n) is 5.15. The van der Waals surface area contributed by atoms with Gasteiger partial charge in [0.15, 0.2) is 0 Å². The summed E-state index contributed by atoms with van der Waals surface area (Å²) in [5, 5.41) is 5.42. The Labute approximate surface area is 169 Å². The second-order valence-corrected chi connectivity index (χ2v) is 9.13. The lowest BCUT2D eigenvalue weighted by atomic mass is 10.2. The number of carbonyl (C=O) groups excluding carboxylic acids is 2. The average molecular weight is 417 g/mol. The number of nitrogens with one attached hydrogen (secondary N) is 2. The Hall–Kier alpha value is -2.72. The molecular weight excluding hydrogens is 394 g/mol. The van der Waals surface area contributed by atoms with Crippen molar-refractivity contribution in [2.75, 3.05) is 19.6 Å². The van der Waals surface area contributed by atoms with Crippen molar-refractivity contribution in [2.45, 2.75) is 37.2 Å². The van der Waals surface area contributed by atoms with Crippen LogP contribution in [0.25, 0.3) is 0 Å². The van der Waals surface area contributed by atoms with Crippen LogP contribution in [0.1, 0.15) is 34.7 Å². The first-order valence-electron chi connectivity index (χ1n) is 9.63. The van der Waals surface area contributed by atoms with Gasteiger partial charge in [0.25, 0.3) is 5.91 Å². The number of nitrogens with zero attached hydrogens (tertiary/aromatic N) is 3. The van der Waals surface area contributed by atoms with Crippen molar-refractivity contribution >= 4 is 21.8 Å². The third-order valence-corrected chi connectivity index (χ3v) is 7.01. The van der Waals surface area contributed by atoms with E-state index in [4.69, 9.17) is 0 Å². The summed E-state index contributed by atoms with van der Waals surface area (Å²) in [5.74, 6) is 0.440. The zero-order chi connectivity index (χ0) is 20.4. The minimum atomic E-state index is -3.77. The number of benzene rings is 1. The molecule has 0 radical (unpaired) electrons. The lowest BCUT2D eigenvalue weighted by molar-refractivity contribution is -0.122. The van der Waals surface area contributed by atoms with Crippen molar-refractivity contribution in [2.24, 2.45) is 0 Å². The summed E-state index contributed by atoms with van der Waals surface area (Å²) in [4.78, 5) is 28.5. The van der Waals surface area contributed by atoms with E-state index in [1.54, 1.807) is 0 Å². The maximum Gasteiger partial charge on any atom is 0.251 e. The second kappa shape index (κ2) is 7.96. The normalized spacial score (nSPS) is 17.4. The molecule has 1 fully saturated rings. The quantitative estimate of drug-likeness (QED) is 0.725. The van der Waals surface area contributed by atoms with Crippen LogP contribution in [0.3, 0.4) is 0 Å². The lowest BCUT2D eigenvalue weighted by Crippen LogP contribution is -2.49. The van der Waals surface area contributed by atoms with Crippen LogP contribution in [-0.2, 0) is 34.3 Å². The largest absolute Gasteiger partial charge is 0.354 e. The highest BCUT2D eigenvalue weighted by Crippen LogP contribution is 2.18. The summed E-state index contributed by atoms with van der Waals surface area (Å²) in [7, 11) is -3.77. The molecule has 2 N–H and O–H groups in total. The summed E-state index contributed by atoms with van der Waals surface area (Å²) in [6, 6.07) is 5.74. The van der Waals surface area contributed by atoms with Gasteiger partial charge in [0.2, 0.25) is 15.9 Å². The Morgan fingerprint density at radius 2 is 1.97 bits per heavy atom. The zero-order valence-electron chi connectivity index (χ0n) is 15.9. The molecule has 3 heterocycles. The van der Waals surface area contributed by atoms with Crippen molar-refractivity contribution in [1.82, 2.24) is 24.5 Å². The minimum Gasteiger partial charge on any atom is -0.354 e. The highest BCUT2D eigenvalue weighted by molar-refractivity contribution is 7.89. The fourth-order valence-corrected chi connectivity index (χ4v) is 4.97. The summed E-state index contributed by atoms with van der Waals surface area (Å²) in [6.07, 6.45) is 5.22. The number of rotatable bonds is 5. The molecule has 9 nitrogen and oxygen atoms in total. The standard InChI is InChI=1S/C19H23N5O4S/c25-18-13-24(10-8-20-18)29(27,28)16-6-4-14(5-7-16)19(26)21-11-15-12-23-9-2-1-3-17(23)22-15/h4-7,12H,1-3,8-11,13H2,(H,20,25)(H,21,26). The van der Waals surface area contributed by atoms with Crippen LogP contribution in [0.4, 0.5) is 0 Å². The molecule has 2 amide bonds. The van der Waals surface area contributed by atoms with Crippen molar-refractivity contribution in [1.29, 1.82) is 0 Å². The Balaban J connectivity index is 1.40. The molecule has 2 aromatic rings. The predicted octanol–water partition coefficient (Wildman–Crippen LogP) is 0.270. The molecule has 0 saturated carbocycles. The van der Waals surface area contributed by atoms with Crippen LogP contribution in [0.2, 0.25) is 0 Å². The van der Waals surface area contributed by atoms with Crippen LogP contribution >= 0.6 is 0 Å². The Morgan fingerprint density at radius 3 is 2.69 bits per heavy atom. The van der Waals surface area contributed by atoms with E-state index in [-0.39, 0.29) is 36.3 Å². The fraction of sp³-hybridized carbons (Fsp3) is 0.421. The highest BCUT2D eigenvalue weighted by atomic mass is 32.2. The zero-order valence-corrected chi connectivity index (χ0v) is 16.7. The van der Waals surface area contributed by atoms with Crippen molar-refractivity contribution < 1.29 is 18.0 Å². The molecule has 0 aliphatic carbocycles. The molecular formula is C19H23N5O4S. The van der Waals surface area contributed by atoms with Crippen molar-refractivity contribution in [3.63, 3.8) is 0 Å². The molecule has 1 aromatic carbocycles. The maximum absolute atomic E-state index is 12.7. The summed E-state index contributed by atoms with van der Waals surface area (Å²) in [6.45, 7) is 1.60. The number of hydrogen-bond donors (Lipinski definition) is 2. The van der Waals surface area contributed by atoms with Gasteiger partial charge in [-0.2, -0.15) is 4.31 Å². The molecule has 154 valence electrons. The van der Waals surface area contributed by atoms with Gasteiger partial charge < -0.3 is 15.2 Å². The number of aryl methyl sites for hydroxylation is 2. The molecule has 0 unspecified atom stereocenters. The number of fused-ring (bicyclic) bond motifs is 1. The Kier molecular flexibility index (Phi) is 5.37. The van der Waals surface area contributed by atoms with E-state index in [1.807, 2.05) is 6.20 Å². The van der Waals surface area contributed by atoms with E-state index in [0.29, 0.717) is 12.1 Å². The second-order valence-electron chi connectivity index (χ2n) is 7.19. The number of sulfonamides is 1. The third kappa shape index (κ3) is 4.18. The predicted molar refractivity (Wildman–Crippen MR) is 105 cm³/mol. The number of aromatic nitrogens is 2. The first-order valence-corrected chi connectivity index (χ1v) is 11.1. The summed E-state index contributed by atoms with van der Waals surface area (Å²) >= 11 is 0. The highest BCUT2D eigenvalue weighted by Gasteiger charge is 2.29. The van der Waals surface area contributed by atoms with Crippen LogP contribution in [0, 0.1) is 0 Å². The van der Waals surface area contributed by atoms with E-state index in [2.05, 4.69) is 20.2 Å². The Morgan fingerprint density at radius 1 is 1.17 bits per heavy atom. The summed E-state index contributed by atoms with van der Waals surface area (Å²) in [5.41, 5.74) is 1.18. The smallest absolute Gasteiger partial charge is 0.251 e. The van der Waals surface area contributed by atoms with E-state index < -0.39 is 10.0 Å². The topological polar surface area (TPSA) is 113 Å². The van der Waals surface area contributed by atoms with Gasteiger partial charge in [-0.3, -0.25) is 9.59 Å². The van der Waals surface area contributed by atoms with Gasteiger partial charge in [-0.1, -0.05) is 0 Å². The first-order chi connectivity index (χ1) is 13.9. The van der Waals surface area contributed by atoms with Crippen LogP contribution in [0.5, 0.6) is 0 Å². The van der Waals surface area contributed by atoms with Gasteiger partial charge in [0, 0.05) is 37.8 Å². The molecule has 2 aliphatic heterocycles. The number of imidazole rings is 1. The molecule has 0 bridgehead atoms. The maximum atomic E-state index is 12.7. The monoisotopic (exact) mass is 417 g/mol. The van der Waals surface area contributed by atoms with Crippen LogP contribution < -0.4 is 10.6 Å². The fourth-order valence-electron chi connectivity index (χ4n) is 3.58. The van der Waals surface area contributed by atoms with Gasteiger partial charge in [0.05, 0.1) is 23.7 Å². The molecule has 4 rings (SSSR count). The van der Waals surface area contributed by atoms with Gasteiger partial charge >= 0.3 is 0 Å². The average Bonchev–Trinajstić information content (AvgIpc) is 3.15. The van der Waals surface area contributed by atoms with Gasteiger partial charge in [-0.15, -0.1) is 0 Å². The first kappa shape index (κ1) is 19.6. The van der Waals surface area contributed by atoms with E-state index in [9.17, 15) is 18.0 Å². The number of hydrogen-bond acceptors (Lipinski definition) is 5. The van der Waals surface area contributed by atoms with Crippen LogP contribution in [-0.4, -0.2) is 53.7 Å². The van der Waals surface area contributed by atoms with Crippen molar-refractivity contribution in [3.05, 3.63) is 47.5 Å². The SMILES string of the molecule is O=C1CN(S(=O)(=O)c2ccc(C(=O)NCc3cn4c(n3)CCCC4)cc2)CCN1. The van der Waals surface area contributed by atoms with Gasteiger partial charge in [-0.25, -0.2) is 13.4 Å². The van der Waals surface area contributed by atoms with E-state index in [1.165, 1.54) is 24.3 Å². The molecule has 10 heteroatoms. The molecule has 1 aromatic heterocycles. The molecule has 2 aliphatic rings. The number of piperazine rings is 1. The number of carbonyl (C=O) groups is 2. The van der Waals surface area contributed by atoms with E-state index >= 15 is 0 Å². The van der Waals surface area contributed by atoms with Crippen molar-refractivity contribution in [3.8, 4) is 0 Å². The lowest BCUT2D eigenvalue weighted by Gasteiger charge is -2.25. The molecule has 0 atom stereocenters. The van der Waals surface area contributed by atoms with Gasteiger partial charge in [0.1, 0.15) is 5.82 Å². The molecule has 1 saturated heterocycles. The Bertz CT molecular complexity index is 1010. The number of amides is 2. The van der Waals surface area contributed by atoms with Crippen LogP contribution in [0.15, 0.2) is 35.4 Å². The van der Waals surface area contributed by atoms with Gasteiger partial charge in [-0.05, 0) is 37.1 Å². The minimum absolute atomic E-state index is 0.0607.